The van der Waals surface area contributed by atoms with Crippen molar-refractivity contribution in [3.63, 3.8) is 0 Å². The van der Waals surface area contributed by atoms with Gasteiger partial charge in [0.25, 0.3) is 0 Å². The van der Waals surface area contributed by atoms with Crippen molar-refractivity contribution in [2.45, 2.75) is 32.9 Å². The number of halogens is 2. The summed E-state index contributed by atoms with van der Waals surface area (Å²) in [7, 11) is 0. The van der Waals surface area contributed by atoms with Gasteiger partial charge in [-0.3, -0.25) is 9.69 Å². The Morgan fingerprint density at radius 3 is 2.87 bits per heavy atom. The van der Waals surface area contributed by atoms with E-state index in [-0.39, 0.29) is 29.8 Å². The maximum atomic E-state index is 14.4. The van der Waals surface area contributed by atoms with Gasteiger partial charge in [-0.25, -0.2) is 4.39 Å². The predicted molar refractivity (Wildman–Crippen MR) is 89.0 cm³/mol. The molecule has 0 aromatic heterocycles. The molecule has 128 valence electrons. The zero-order chi connectivity index (χ0) is 17.0. The molecule has 0 radical (unpaired) electrons. The lowest BCUT2D eigenvalue weighted by atomic mass is 10.0. The van der Waals surface area contributed by atoms with Gasteiger partial charge in [-0.05, 0) is 19.1 Å². The fourth-order valence-corrected chi connectivity index (χ4v) is 3.06. The Bertz CT molecular complexity index is 533. The van der Waals surface area contributed by atoms with Crippen molar-refractivity contribution in [1.82, 2.24) is 10.2 Å². The fraction of sp³-hybridized carbons (Fsp3) is 0.588. The Balaban J connectivity index is 2.25. The highest BCUT2D eigenvalue weighted by Gasteiger charge is 2.29. The van der Waals surface area contributed by atoms with E-state index in [1.165, 1.54) is 6.07 Å². The molecule has 2 rings (SSSR count). The molecule has 6 heteroatoms. The van der Waals surface area contributed by atoms with Crippen LogP contribution in [-0.2, 0) is 9.53 Å². The lowest BCUT2D eigenvalue weighted by Crippen LogP contribution is -2.47. The first-order valence-electron chi connectivity index (χ1n) is 7.97. The van der Waals surface area contributed by atoms with E-state index in [9.17, 15) is 9.18 Å². The van der Waals surface area contributed by atoms with Crippen molar-refractivity contribution >= 4 is 17.5 Å². The largest absolute Gasteiger partial charge is 0.376 e. The molecule has 1 N–H and O–H groups in total. The van der Waals surface area contributed by atoms with E-state index in [2.05, 4.69) is 10.2 Å². The molecular formula is C17H24ClFN2O2. The number of benzene rings is 1. The van der Waals surface area contributed by atoms with Crippen LogP contribution in [0.5, 0.6) is 0 Å². The van der Waals surface area contributed by atoms with E-state index >= 15 is 0 Å². The van der Waals surface area contributed by atoms with E-state index in [0.29, 0.717) is 36.8 Å². The van der Waals surface area contributed by atoms with Crippen LogP contribution in [0.2, 0.25) is 5.02 Å². The Morgan fingerprint density at radius 2 is 2.26 bits per heavy atom. The third-order valence-electron chi connectivity index (χ3n) is 4.04. The molecule has 1 fully saturated rings. The molecule has 0 bridgehead atoms. The number of hydrogen-bond acceptors (Lipinski definition) is 3. The number of nitrogens with zero attached hydrogens (tertiary/aromatic N) is 1. The highest BCUT2D eigenvalue weighted by atomic mass is 35.5. The molecule has 4 nitrogen and oxygen atoms in total. The number of carbonyl (C=O) groups is 1. The standard InChI is InChI=1S/C17H24ClFN2O2/c1-11(2)17(22)20-9-15(21-7-8-23-12(3)10-21)16-13(18)5-4-6-14(16)19/h4-6,11-12,15H,7-10H2,1-3H3,(H,20,22)/t12-,15+/m1/s1. The Labute approximate surface area is 141 Å². The number of nitrogens with one attached hydrogen (secondary N) is 1. The molecule has 0 saturated carbocycles. The van der Waals surface area contributed by atoms with Crippen LogP contribution < -0.4 is 5.32 Å². The molecule has 0 unspecified atom stereocenters. The summed E-state index contributed by atoms with van der Waals surface area (Å²) in [4.78, 5) is 14.0. The molecule has 0 aliphatic carbocycles. The third kappa shape index (κ3) is 4.66. The molecule has 1 aromatic carbocycles. The molecule has 1 saturated heterocycles. The van der Waals surface area contributed by atoms with Crippen LogP contribution in [0.4, 0.5) is 4.39 Å². The van der Waals surface area contributed by atoms with Crippen molar-refractivity contribution < 1.29 is 13.9 Å². The molecule has 1 aliphatic heterocycles. The van der Waals surface area contributed by atoms with Gasteiger partial charge in [0.15, 0.2) is 0 Å². The SMILES string of the molecule is CC(C)C(=O)NC[C@@H](c1c(F)cccc1Cl)N1CCO[C@H](C)C1. The van der Waals surface area contributed by atoms with E-state index in [1.807, 2.05) is 20.8 Å². The zero-order valence-electron chi connectivity index (χ0n) is 13.8. The van der Waals surface area contributed by atoms with Gasteiger partial charge >= 0.3 is 0 Å². The van der Waals surface area contributed by atoms with E-state index in [0.717, 1.165) is 0 Å². The number of amides is 1. The summed E-state index contributed by atoms with van der Waals surface area (Å²) in [6.07, 6.45) is 0.0672. The van der Waals surface area contributed by atoms with Crippen LogP contribution in [0.1, 0.15) is 32.4 Å². The first-order valence-corrected chi connectivity index (χ1v) is 8.35. The second-order valence-corrected chi connectivity index (χ2v) is 6.63. The predicted octanol–water partition coefficient (Wildman–Crippen LogP) is 3.01. The molecule has 0 spiro atoms. The summed E-state index contributed by atoms with van der Waals surface area (Å²) in [5, 5.41) is 3.28. The lowest BCUT2D eigenvalue weighted by Gasteiger charge is -2.38. The summed E-state index contributed by atoms with van der Waals surface area (Å²) in [5.41, 5.74) is 0.437. The number of ether oxygens (including phenoxy) is 1. The van der Waals surface area contributed by atoms with Crippen LogP contribution in [0, 0.1) is 11.7 Å². The minimum atomic E-state index is -0.347. The minimum absolute atomic E-state index is 0.0521. The maximum absolute atomic E-state index is 14.4. The molecule has 2 atom stereocenters. The van der Waals surface area contributed by atoms with Crippen LogP contribution in [0.15, 0.2) is 18.2 Å². The maximum Gasteiger partial charge on any atom is 0.222 e. The van der Waals surface area contributed by atoms with Crippen LogP contribution in [-0.4, -0.2) is 43.2 Å². The molecule has 1 aliphatic rings. The van der Waals surface area contributed by atoms with Crippen LogP contribution >= 0.6 is 11.6 Å². The van der Waals surface area contributed by atoms with Crippen molar-refractivity contribution in [3.8, 4) is 0 Å². The fourth-order valence-electron chi connectivity index (χ4n) is 2.77. The Morgan fingerprint density at radius 1 is 1.52 bits per heavy atom. The van der Waals surface area contributed by atoms with Crippen molar-refractivity contribution in [1.29, 1.82) is 0 Å². The second kappa shape index (κ2) is 8.08. The zero-order valence-corrected chi connectivity index (χ0v) is 14.6. The van der Waals surface area contributed by atoms with Crippen LogP contribution in [0.3, 0.4) is 0 Å². The number of carbonyl (C=O) groups excluding carboxylic acids is 1. The number of morpholine rings is 1. The summed E-state index contributed by atoms with van der Waals surface area (Å²) in [5.74, 6) is -0.514. The van der Waals surface area contributed by atoms with Gasteiger partial charge in [0.2, 0.25) is 5.91 Å². The van der Waals surface area contributed by atoms with Gasteiger partial charge in [0, 0.05) is 36.1 Å². The quantitative estimate of drug-likeness (QED) is 0.894. The van der Waals surface area contributed by atoms with E-state index in [4.69, 9.17) is 16.3 Å². The number of rotatable bonds is 5. The highest BCUT2D eigenvalue weighted by molar-refractivity contribution is 6.31. The summed E-state index contributed by atoms with van der Waals surface area (Å²) in [6, 6.07) is 4.37. The summed E-state index contributed by atoms with van der Waals surface area (Å²) < 4.78 is 19.9. The van der Waals surface area contributed by atoms with Crippen LogP contribution in [0.25, 0.3) is 0 Å². The van der Waals surface area contributed by atoms with Gasteiger partial charge in [-0.2, -0.15) is 0 Å². The minimum Gasteiger partial charge on any atom is -0.376 e. The average Bonchev–Trinajstić information content (AvgIpc) is 2.49. The summed E-state index contributed by atoms with van der Waals surface area (Å²) >= 11 is 6.25. The molecule has 1 aromatic rings. The van der Waals surface area contributed by atoms with E-state index in [1.54, 1.807) is 12.1 Å². The second-order valence-electron chi connectivity index (χ2n) is 6.23. The number of hydrogen-bond donors (Lipinski definition) is 1. The molecule has 1 heterocycles. The lowest BCUT2D eigenvalue weighted by molar-refractivity contribution is -0.124. The van der Waals surface area contributed by atoms with Gasteiger partial charge in [-0.15, -0.1) is 0 Å². The van der Waals surface area contributed by atoms with Gasteiger partial charge in [0.05, 0.1) is 18.8 Å². The monoisotopic (exact) mass is 342 g/mol. The third-order valence-corrected chi connectivity index (χ3v) is 4.37. The first-order chi connectivity index (χ1) is 10.9. The average molecular weight is 343 g/mol. The molecule has 1 amide bonds. The van der Waals surface area contributed by atoms with Crippen molar-refractivity contribution in [2.24, 2.45) is 5.92 Å². The topological polar surface area (TPSA) is 41.6 Å². The first kappa shape index (κ1) is 18.2. The Kier molecular flexibility index (Phi) is 6.39. The molecule has 23 heavy (non-hydrogen) atoms. The molecular weight excluding hydrogens is 319 g/mol. The van der Waals surface area contributed by atoms with E-state index < -0.39 is 0 Å². The van der Waals surface area contributed by atoms with Crippen molar-refractivity contribution in [2.75, 3.05) is 26.2 Å². The Hall–Kier alpha value is -1.17. The van der Waals surface area contributed by atoms with Gasteiger partial charge in [0.1, 0.15) is 5.82 Å². The van der Waals surface area contributed by atoms with Gasteiger partial charge in [-0.1, -0.05) is 31.5 Å². The highest BCUT2D eigenvalue weighted by Crippen LogP contribution is 2.31. The normalized spacial score (nSPS) is 20.5. The summed E-state index contributed by atoms with van der Waals surface area (Å²) in [6.45, 7) is 7.91. The van der Waals surface area contributed by atoms with Gasteiger partial charge < -0.3 is 10.1 Å². The smallest absolute Gasteiger partial charge is 0.222 e. The van der Waals surface area contributed by atoms with Crippen molar-refractivity contribution in [3.05, 3.63) is 34.6 Å².